The molecule has 0 aliphatic heterocycles. The molecule has 0 radical (unpaired) electrons. The number of carbonyl (C=O) groups excluding carboxylic acids is 1. The Kier molecular flexibility index (Phi) is 4.96. The van der Waals surface area contributed by atoms with E-state index in [2.05, 4.69) is 26.6 Å². The second kappa shape index (κ2) is 6.72. The lowest BCUT2D eigenvalue weighted by Crippen LogP contribution is -2.15. The summed E-state index contributed by atoms with van der Waals surface area (Å²) in [6, 6.07) is 9.98. The molecule has 5 heteroatoms. The normalized spacial score (nSPS) is 10.3. The Balaban J connectivity index is 2.28. The smallest absolute Gasteiger partial charge is 0.257 e. The van der Waals surface area contributed by atoms with Gasteiger partial charge in [-0.2, -0.15) is 0 Å². The Morgan fingerprint density at radius 2 is 2.05 bits per heavy atom. The van der Waals surface area contributed by atoms with Crippen LogP contribution < -0.4 is 10.6 Å². The third-order valence-electron chi connectivity index (χ3n) is 3.04. The summed E-state index contributed by atoms with van der Waals surface area (Å²) in [5, 5.41) is 5.66. The lowest BCUT2D eigenvalue weighted by atomic mass is 10.1. The Hall–Kier alpha value is -1.88. The van der Waals surface area contributed by atoms with Crippen LogP contribution in [0.4, 0.5) is 15.8 Å². The summed E-state index contributed by atoms with van der Waals surface area (Å²) in [5.41, 5.74) is 2.24. The Morgan fingerprint density at radius 1 is 1.29 bits per heavy atom. The fourth-order valence-corrected chi connectivity index (χ4v) is 2.32. The van der Waals surface area contributed by atoms with Crippen LogP contribution in [0.15, 0.2) is 40.9 Å². The number of amides is 1. The molecule has 1 amide bonds. The highest BCUT2D eigenvalue weighted by Crippen LogP contribution is 2.24. The molecule has 0 atom stereocenters. The predicted molar refractivity (Wildman–Crippen MR) is 87.4 cm³/mol. The number of hydrogen-bond acceptors (Lipinski definition) is 2. The van der Waals surface area contributed by atoms with Crippen molar-refractivity contribution in [2.75, 3.05) is 17.2 Å². The summed E-state index contributed by atoms with van der Waals surface area (Å²) >= 11 is 3.42. The van der Waals surface area contributed by atoms with E-state index < -0.39 is 5.82 Å². The average Bonchev–Trinajstić information content (AvgIpc) is 2.45. The molecular formula is C16H16BrFN2O. The maximum absolute atomic E-state index is 13.8. The zero-order valence-corrected chi connectivity index (χ0v) is 13.4. The molecule has 0 aliphatic carbocycles. The number of carbonyl (C=O) groups is 1. The van der Waals surface area contributed by atoms with Crippen LogP contribution in [0.1, 0.15) is 22.8 Å². The molecule has 0 saturated heterocycles. The summed E-state index contributed by atoms with van der Waals surface area (Å²) in [7, 11) is 0. The van der Waals surface area contributed by atoms with Crippen molar-refractivity contribution >= 4 is 33.2 Å². The molecule has 0 aliphatic rings. The highest BCUT2D eigenvalue weighted by Gasteiger charge is 2.15. The van der Waals surface area contributed by atoms with E-state index in [1.54, 1.807) is 6.07 Å². The maximum atomic E-state index is 13.8. The summed E-state index contributed by atoms with van der Waals surface area (Å²) in [6.45, 7) is 4.36. The minimum atomic E-state index is -0.436. The van der Waals surface area contributed by atoms with Crippen LogP contribution in [0.25, 0.3) is 0 Å². The molecule has 3 nitrogen and oxygen atoms in total. The Bertz CT molecular complexity index is 673. The Morgan fingerprint density at radius 3 is 2.71 bits per heavy atom. The molecule has 0 spiro atoms. The molecule has 110 valence electrons. The molecule has 0 aromatic heterocycles. The van der Waals surface area contributed by atoms with Gasteiger partial charge in [0.05, 0.1) is 11.3 Å². The van der Waals surface area contributed by atoms with E-state index in [0.29, 0.717) is 12.2 Å². The minimum absolute atomic E-state index is 0.226. The summed E-state index contributed by atoms with van der Waals surface area (Å²) < 4.78 is 14.7. The molecule has 2 aromatic carbocycles. The Labute approximate surface area is 131 Å². The van der Waals surface area contributed by atoms with Crippen molar-refractivity contribution in [2.24, 2.45) is 0 Å². The second-order valence-electron chi connectivity index (χ2n) is 4.61. The van der Waals surface area contributed by atoms with Crippen LogP contribution in [0.2, 0.25) is 0 Å². The van der Waals surface area contributed by atoms with E-state index in [0.717, 1.165) is 10.0 Å². The van der Waals surface area contributed by atoms with Gasteiger partial charge in [-0.25, -0.2) is 4.39 Å². The molecule has 0 fully saturated rings. The molecule has 0 bridgehead atoms. The molecule has 21 heavy (non-hydrogen) atoms. The van der Waals surface area contributed by atoms with Gasteiger partial charge in [0.25, 0.3) is 5.91 Å². The van der Waals surface area contributed by atoms with Gasteiger partial charge in [0, 0.05) is 16.7 Å². The summed E-state index contributed by atoms with van der Waals surface area (Å²) in [4.78, 5) is 12.3. The van der Waals surface area contributed by atoms with Crippen LogP contribution in [-0.2, 0) is 0 Å². The van der Waals surface area contributed by atoms with Crippen LogP contribution in [0.5, 0.6) is 0 Å². The van der Waals surface area contributed by atoms with E-state index in [-0.39, 0.29) is 17.2 Å². The molecule has 0 saturated carbocycles. The highest BCUT2D eigenvalue weighted by atomic mass is 79.9. The first-order chi connectivity index (χ1) is 10.0. The fraction of sp³-hybridized carbons (Fsp3) is 0.188. The number of nitrogens with one attached hydrogen (secondary N) is 2. The molecule has 0 heterocycles. The lowest BCUT2D eigenvalue weighted by molar-refractivity contribution is 0.102. The highest BCUT2D eigenvalue weighted by molar-refractivity contribution is 9.10. The van der Waals surface area contributed by atoms with Crippen molar-refractivity contribution in [3.05, 3.63) is 57.8 Å². The van der Waals surface area contributed by atoms with Gasteiger partial charge in [-0.15, -0.1) is 0 Å². The number of aryl methyl sites for hydroxylation is 1. The largest absolute Gasteiger partial charge is 0.382 e. The van der Waals surface area contributed by atoms with Crippen LogP contribution in [0.3, 0.4) is 0 Å². The van der Waals surface area contributed by atoms with Gasteiger partial charge >= 0.3 is 0 Å². The molecule has 0 unspecified atom stereocenters. The fourth-order valence-electron chi connectivity index (χ4n) is 1.94. The van der Waals surface area contributed by atoms with Crippen LogP contribution in [0, 0.1) is 12.7 Å². The van der Waals surface area contributed by atoms with Gasteiger partial charge in [-0.3, -0.25) is 4.79 Å². The average molecular weight is 351 g/mol. The standard InChI is InChI=1S/C16H16BrFN2O/c1-3-19-15-12(5-4-6-14(15)18)16(21)20-11-8-7-10(2)13(17)9-11/h4-9,19H,3H2,1-2H3,(H,20,21). The van der Waals surface area contributed by atoms with Crippen molar-refractivity contribution < 1.29 is 9.18 Å². The lowest BCUT2D eigenvalue weighted by Gasteiger charge is -2.12. The first kappa shape index (κ1) is 15.5. The zero-order valence-electron chi connectivity index (χ0n) is 11.8. The third kappa shape index (κ3) is 3.61. The van der Waals surface area contributed by atoms with E-state index in [9.17, 15) is 9.18 Å². The molecule has 2 aromatic rings. The van der Waals surface area contributed by atoms with E-state index in [1.807, 2.05) is 32.0 Å². The topological polar surface area (TPSA) is 41.1 Å². The van der Waals surface area contributed by atoms with Gasteiger partial charge < -0.3 is 10.6 Å². The zero-order chi connectivity index (χ0) is 15.4. The summed E-state index contributed by atoms with van der Waals surface area (Å²) in [6.07, 6.45) is 0. The van der Waals surface area contributed by atoms with Crippen molar-refractivity contribution in [1.29, 1.82) is 0 Å². The first-order valence-corrected chi connectivity index (χ1v) is 7.42. The van der Waals surface area contributed by atoms with Crippen molar-refractivity contribution in [1.82, 2.24) is 0 Å². The number of anilines is 2. The number of hydrogen-bond donors (Lipinski definition) is 2. The number of benzene rings is 2. The first-order valence-electron chi connectivity index (χ1n) is 6.62. The number of halogens is 2. The van der Waals surface area contributed by atoms with Crippen LogP contribution >= 0.6 is 15.9 Å². The SMILES string of the molecule is CCNc1c(F)cccc1C(=O)Nc1ccc(C)c(Br)c1. The maximum Gasteiger partial charge on any atom is 0.257 e. The monoisotopic (exact) mass is 350 g/mol. The van der Waals surface area contributed by atoms with Gasteiger partial charge in [0.15, 0.2) is 0 Å². The van der Waals surface area contributed by atoms with Gasteiger partial charge in [-0.05, 0) is 43.7 Å². The van der Waals surface area contributed by atoms with Gasteiger partial charge in [-0.1, -0.05) is 28.1 Å². The van der Waals surface area contributed by atoms with Gasteiger partial charge in [0.1, 0.15) is 5.82 Å². The molecular weight excluding hydrogens is 335 g/mol. The quantitative estimate of drug-likeness (QED) is 0.847. The molecule has 2 rings (SSSR count). The molecule has 2 N–H and O–H groups in total. The number of para-hydroxylation sites is 1. The minimum Gasteiger partial charge on any atom is -0.382 e. The van der Waals surface area contributed by atoms with Gasteiger partial charge in [0.2, 0.25) is 0 Å². The number of rotatable bonds is 4. The third-order valence-corrected chi connectivity index (χ3v) is 3.90. The summed E-state index contributed by atoms with van der Waals surface area (Å²) in [5.74, 6) is -0.782. The van der Waals surface area contributed by atoms with E-state index in [4.69, 9.17) is 0 Å². The van der Waals surface area contributed by atoms with Crippen molar-refractivity contribution in [3.63, 3.8) is 0 Å². The van der Waals surface area contributed by atoms with Crippen molar-refractivity contribution in [3.8, 4) is 0 Å². The van der Waals surface area contributed by atoms with E-state index in [1.165, 1.54) is 12.1 Å². The van der Waals surface area contributed by atoms with Crippen LogP contribution in [-0.4, -0.2) is 12.5 Å². The predicted octanol–water partition coefficient (Wildman–Crippen LogP) is 4.58. The van der Waals surface area contributed by atoms with E-state index >= 15 is 0 Å². The second-order valence-corrected chi connectivity index (χ2v) is 5.47. The van der Waals surface area contributed by atoms with Crippen molar-refractivity contribution in [2.45, 2.75) is 13.8 Å².